The van der Waals surface area contributed by atoms with Crippen molar-refractivity contribution in [1.29, 1.82) is 0 Å². The van der Waals surface area contributed by atoms with Crippen LogP contribution < -0.4 is 0 Å². The summed E-state index contributed by atoms with van der Waals surface area (Å²) in [6.07, 6.45) is 2.09. The van der Waals surface area contributed by atoms with Gasteiger partial charge in [-0.2, -0.15) is 0 Å². The summed E-state index contributed by atoms with van der Waals surface area (Å²) in [5.74, 6) is -0.422. The summed E-state index contributed by atoms with van der Waals surface area (Å²) in [5.41, 5.74) is 0. The van der Waals surface area contributed by atoms with Crippen LogP contribution in [0, 0.1) is 0 Å². The molecule has 1 aliphatic rings. The lowest BCUT2D eigenvalue weighted by atomic mass is 10.1. The molecule has 0 aromatic carbocycles. The van der Waals surface area contributed by atoms with Gasteiger partial charge in [0.1, 0.15) is 6.04 Å². The third-order valence-electron chi connectivity index (χ3n) is 3.11. The van der Waals surface area contributed by atoms with Crippen LogP contribution in [0.3, 0.4) is 0 Å². The van der Waals surface area contributed by atoms with E-state index >= 15 is 0 Å². The lowest BCUT2D eigenvalue weighted by molar-refractivity contribution is -0.151. The van der Waals surface area contributed by atoms with E-state index in [-0.39, 0.29) is 24.0 Å². The Labute approximate surface area is 102 Å². The fourth-order valence-electron chi connectivity index (χ4n) is 2.25. The second-order valence-corrected chi connectivity index (χ2v) is 4.28. The topological polar surface area (TPSA) is 55.8 Å². The van der Waals surface area contributed by atoms with Gasteiger partial charge in [0.2, 0.25) is 0 Å². The van der Waals surface area contributed by atoms with Crippen molar-refractivity contribution in [3.8, 4) is 0 Å². The minimum Gasteiger partial charge on any atom is -0.469 e. The predicted octanol–water partition coefficient (Wildman–Crippen LogP) is 0.965. The van der Waals surface area contributed by atoms with Crippen molar-refractivity contribution < 1.29 is 19.1 Å². The van der Waals surface area contributed by atoms with Gasteiger partial charge >= 0.3 is 11.9 Å². The number of hydrogen-bond donors (Lipinski definition) is 0. The van der Waals surface area contributed by atoms with E-state index in [9.17, 15) is 9.59 Å². The van der Waals surface area contributed by atoms with E-state index in [0.29, 0.717) is 13.0 Å². The van der Waals surface area contributed by atoms with Gasteiger partial charge in [-0.1, -0.05) is 0 Å². The second-order valence-electron chi connectivity index (χ2n) is 4.28. The Kier molecular flexibility index (Phi) is 5.41. The quantitative estimate of drug-likeness (QED) is 0.673. The summed E-state index contributed by atoms with van der Waals surface area (Å²) in [6, 6.07) is -0.186. The number of hydrogen-bond acceptors (Lipinski definition) is 5. The van der Waals surface area contributed by atoms with E-state index in [2.05, 4.69) is 4.74 Å². The molecule has 2 unspecified atom stereocenters. The summed E-state index contributed by atoms with van der Waals surface area (Å²) in [4.78, 5) is 25.0. The van der Waals surface area contributed by atoms with E-state index in [1.54, 1.807) is 6.92 Å². The van der Waals surface area contributed by atoms with Crippen molar-refractivity contribution in [3.63, 3.8) is 0 Å². The summed E-state index contributed by atoms with van der Waals surface area (Å²) in [6.45, 7) is 4.97. The highest BCUT2D eigenvalue weighted by atomic mass is 16.5. The van der Waals surface area contributed by atoms with Gasteiger partial charge in [0, 0.05) is 6.04 Å². The molecule has 0 aliphatic carbocycles. The van der Waals surface area contributed by atoms with Gasteiger partial charge in [0.25, 0.3) is 0 Å². The molecule has 2 atom stereocenters. The highest BCUT2D eigenvalue weighted by Crippen LogP contribution is 2.22. The van der Waals surface area contributed by atoms with Crippen LogP contribution in [0.1, 0.15) is 33.1 Å². The Morgan fingerprint density at radius 2 is 2.18 bits per heavy atom. The molecule has 0 radical (unpaired) electrons. The minimum atomic E-state index is -0.244. The number of carbonyl (C=O) groups excluding carboxylic acids is 2. The smallest absolute Gasteiger partial charge is 0.323 e. The molecule has 17 heavy (non-hydrogen) atoms. The molecule has 0 spiro atoms. The standard InChI is InChI=1S/C12H21NO4/c1-4-17-12(15)10-6-5-7-13(10)9(2)8-11(14)16-3/h9-10H,4-8H2,1-3H3. The van der Waals surface area contributed by atoms with E-state index in [4.69, 9.17) is 4.74 Å². The molecular formula is C12H21NO4. The number of carbonyl (C=O) groups is 2. The maximum Gasteiger partial charge on any atom is 0.323 e. The van der Waals surface area contributed by atoms with Crippen molar-refractivity contribution in [1.82, 2.24) is 4.90 Å². The van der Waals surface area contributed by atoms with E-state index in [0.717, 1.165) is 19.4 Å². The number of esters is 2. The zero-order valence-corrected chi connectivity index (χ0v) is 10.8. The molecule has 1 fully saturated rings. The van der Waals surface area contributed by atoms with Crippen LogP contribution in [0.2, 0.25) is 0 Å². The number of methoxy groups -OCH3 is 1. The van der Waals surface area contributed by atoms with Crippen LogP contribution in [0.4, 0.5) is 0 Å². The highest BCUT2D eigenvalue weighted by Gasteiger charge is 2.35. The largest absolute Gasteiger partial charge is 0.469 e. The molecule has 0 bridgehead atoms. The summed E-state index contributed by atoms with van der Waals surface area (Å²) >= 11 is 0. The maximum atomic E-state index is 11.7. The molecule has 1 heterocycles. The van der Waals surface area contributed by atoms with Crippen molar-refractivity contribution >= 4 is 11.9 Å². The van der Waals surface area contributed by atoms with Gasteiger partial charge in [-0.15, -0.1) is 0 Å². The van der Waals surface area contributed by atoms with Gasteiger partial charge in [0.05, 0.1) is 20.1 Å². The van der Waals surface area contributed by atoms with Gasteiger partial charge in [-0.25, -0.2) is 0 Å². The van der Waals surface area contributed by atoms with Crippen LogP contribution in [0.15, 0.2) is 0 Å². The zero-order chi connectivity index (χ0) is 12.8. The molecule has 0 N–H and O–H groups in total. The number of nitrogens with zero attached hydrogens (tertiary/aromatic N) is 1. The van der Waals surface area contributed by atoms with Gasteiger partial charge in [0.15, 0.2) is 0 Å². The summed E-state index contributed by atoms with van der Waals surface area (Å²) < 4.78 is 9.68. The Morgan fingerprint density at radius 1 is 1.47 bits per heavy atom. The van der Waals surface area contributed by atoms with Crippen molar-refractivity contribution in [3.05, 3.63) is 0 Å². The minimum absolute atomic E-state index is 0.0133. The van der Waals surface area contributed by atoms with Crippen LogP contribution >= 0.6 is 0 Å². The number of ether oxygens (including phenoxy) is 2. The Balaban J connectivity index is 2.56. The fourth-order valence-corrected chi connectivity index (χ4v) is 2.25. The molecule has 1 aliphatic heterocycles. The molecule has 98 valence electrons. The van der Waals surface area contributed by atoms with Gasteiger partial charge in [-0.05, 0) is 33.2 Å². The molecule has 0 amide bonds. The average molecular weight is 243 g/mol. The predicted molar refractivity (Wildman–Crippen MR) is 62.5 cm³/mol. The van der Waals surface area contributed by atoms with Crippen molar-refractivity contribution in [2.24, 2.45) is 0 Å². The molecule has 5 heteroatoms. The molecular weight excluding hydrogens is 222 g/mol. The highest BCUT2D eigenvalue weighted by molar-refractivity contribution is 5.76. The molecule has 5 nitrogen and oxygen atoms in total. The summed E-state index contributed by atoms with van der Waals surface area (Å²) in [7, 11) is 1.38. The van der Waals surface area contributed by atoms with E-state index in [1.165, 1.54) is 7.11 Å². The Hall–Kier alpha value is -1.10. The van der Waals surface area contributed by atoms with Crippen molar-refractivity contribution in [2.45, 2.75) is 45.2 Å². The van der Waals surface area contributed by atoms with E-state index < -0.39 is 0 Å². The van der Waals surface area contributed by atoms with Crippen LogP contribution in [-0.2, 0) is 19.1 Å². The fraction of sp³-hybridized carbons (Fsp3) is 0.833. The Morgan fingerprint density at radius 3 is 2.76 bits per heavy atom. The first-order chi connectivity index (χ1) is 8.10. The lowest BCUT2D eigenvalue weighted by Gasteiger charge is -2.28. The average Bonchev–Trinajstić information content (AvgIpc) is 2.78. The number of rotatable bonds is 5. The van der Waals surface area contributed by atoms with Crippen molar-refractivity contribution in [2.75, 3.05) is 20.3 Å². The second kappa shape index (κ2) is 6.59. The number of likely N-dealkylation sites (tertiary alicyclic amines) is 1. The van der Waals surface area contributed by atoms with Gasteiger partial charge < -0.3 is 9.47 Å². The maximum absolute atomic E-state index is 11.7. The van der Waals surface area contributed by atoms with Crippen LogP contribution in [0.5, 0.6) is 0 Å². The van der Waals surface area contributed by atoms with Crippen LogP contribution in [-0.4, -0.2) is 49.2 Å². The normalized spacial score (nSPS) is 22.2. The first kappa shape index (κ1) is 14.0. The molecule has 0 aromatic rings. The van der Waals surface area contributed by atoms with Crippen LogP contribution in [0.25, 0.3) is 0 Å². The Bertz CT molecular complexity index is 280. The first-order valence-corrected chi connectivity index (χ1v) is 6.09. The molecule has 1 saturated heterocycles. The zero-order valence-electron chi connectivity index (χ0n) is 10.8. The molecule has 1 rings (SSSR count). The van der Waals surface area contributed by atoms with Gasteiger partial charge in [-0.3, -0.25) is 14.5 Å². The summed E-state index contributed by atoms with van der Waals surface area (Å²) in [5, 5.41) is 0. The lowest BCUT2D eigenvalue weighted by Crippen LogP contribution is -2.43. The monoisotopic (exact) mass is 243 g/mol. The molecule has 0 saturated carbocycles. The third-order valence-corrected chi connectivity index (χ3v) is 3.11. The first-order valence-electron chi connectivity index (χ1n) is 6.09. The SMILES string of the molecule is CCOC(=O)C1CCCN1C(C)CC(=O)OC. The van der Waals surface area contributed by atoms with E-state index in [1.807, 2.05) is 11.8 Å². The molecule has 0 aromatic heterocycles. The third kappa shape index (κ3) is 3.70.